The van der Waals surface area contributed by atoms with Gasteiger partial charge in [-0.2, -0.15) is 0 Å². The number of hydrogen-bond donors (Lipinski definition) is 3. The summed E-state index contributed by atoms with van der Waals surface area (Å²) in [6, 6.07) is 6.51. The van der Waals surface area contributed by atoms with Gasteiger partial charge in [0.05, 0.1) is 12.6 Å². The van der Waals surface area contributed by atoms with Crippen molar-refractivity contribution in [3.63, 3.8) is 0 Å². The first-order valence-corrected chi connectivity index (χ1v) is 7.24. The Kier molecular flexibility index (Phi) is 8.64. The van der Waals surface area contributed by atoms with Crippen LogP contribution >= 0.6 is 12.4 Å². The molecule has 0 aliphatic rings. The van der Waals surface area contributed by atoms with Gasteiger partial charge in [-0.25, -0.2) is 0 Å². The zero-order valence-electron chi connectivity index (χ0n) is 14.0. The highest BCUT2D eigenvalue weighted by molar-refractivity contribution is 5.88. The van der Waals surface area contributed by atoms with Gasteiger partial charge in [-0.3, -0.25) is 9.59 Å². The number of benzene rings is 1. The maximum absolute atomic E-state index is 11.8. The van der Waals surface area contributed by atoms with Crippen LogP contribution in [0.3, 0.4) is 0 Å². The Morgan fingerprint density at radius 1 is 1.30 bits per heavy atom. The minimum atomic E-state index is -0.560. The van der Waals surface area contributed by atoms with Crippen molar-refractivity contribution >= 4 is 29.9 Å². The van der Waals surface area contributed by atoms with Crippen LogP contribution in [0.25, 0.3) is 0 Å². The first-order chi connectivity index (χ1) is 10.2. The molecule has 6 nitrogen and oxygen atoms in total. The predicted octanol–water partition coefficient (Wildman–Crippen LogP) is 1.94. The van der Waals surface area contributed by atoms with Crippen LogP contribution in [0.15, 0.2) is 24.3 Å². The smallest absolute Gasteiger partial charge is 0.237 e. The molecule has 7 heteroatoms. The molecule has 4 N–H and O–H groups in total. The number of anilines is 1. The van der Waals surface area contributed by atoms with Crippen molar-refractivity contribution in [1.29, 1.82) is 0 Å². The molecule has 0 saturated heterocycles. The van der Waals surface area contributed by atoms with Crippen LogP contribution in [0, 0.1) is 5.41 Å². The Balaban J connectivity index is 0.00000484. The SMILES string of the molecule is CC(=O)Nc1cccc(OCCNC(=O)[C@@H](N)C(C)(C)C)c1.Cl. The molecule has 0 bridgehead atoms. The summed E-state index contributed by atoms with van der Waals surface area (Å²) in [5.74, 6) is 0.296. The van der Waals surface area contributed by atoms with Crippen molar-refractivity contribution in [2.45, 2.75) is 33.7 Å². The van der Waals surface area contributed by atoms with Crippen LogP contribution in [0.1, 0.15) is 27.7 Å². The van der Waals surface area contributed by atoms with E-state index < -0.39 is 6.04 Å². The summed E-state index contributed by atoms with van der Waals surface area (Å²) in [7, 11) is 0. The molecule has 0 spiro atoms. The van der Waals surface area contributed by atoms with Gasteiger partial charge in [-0.05, 0) is 17.5 Å². The lowest BCUT2D eigenvalue weighted by Crippen LogP contribution is -2.49. The molecule has 23 heavy (non-hydrogen) atoms. The normalized spacial score (nSPS) is 11.9. The van der Waals surface area contributed by atoms with Crippen LogP contribution in [-0.2, 0) is 9.59 Å². The van der Waals surface area contributed by atoms with Gasteiger partial charge in [0.2, 0.25) is 11.8 Å². The third-order valence-electron chi connectivity index (χ3n) is 3.04. The van der Waals surface area contributed by atoms with Crippen molar-refractivity contribution < 1.29 is 14.3 Å². The highest BCUT2D eigenvalue weighted by atomic mass is 35.5. The Morgan fingerprint density at radius 3 is 2.52 bits per heavy atom. The molecule has 0 aliphatic carbocycles. The molecule has 0 radical (unpaired) electrons. The van der Waals surface area contributed by atoms with E-state index in [0.29, 0.717) is 24.6 Å². The monoisotopic (exact) mass is 343 g/mol. The first kappa shape index (κ1) is 21.2. The van der Waals surface area contributed by atoms with E-state index in [9.17, 15) is 9.59 Å². The molecule has 0 saturated carbocycles. The van der Waals surface area contributed by atoms with E-state index in [0.717, 1.165) is 0 Å². The van der Waals surface area contributed by atoms with Crippen molar-refractivity contribution in [1.82, 2.24) is 5.32 Å². The summed E-state index contributed by atoms with van der Waals surface area (Å²) in [4.78, 5) is 22.8. The van der Waals surface area contributed by atoms with Crippen LogP contribution < -0.4 is 21.1 Å². The average molecular weight is 344 g/mol. The number of carbonyl (C=O) groups is 2. The lowest BCUT2D eigenvalue weighted by Gasteiger charge is -2.25. The number of carbonyl (C=O) groups excluding carboxylic acids is 2. The zero-order chi connectivity index (χ0) is 16.8. The second kappa shape index (κ2) is 9.37. The molecule has 1 aromatic carbocycles. The minimum absolute atomic E-state index is 0. The number of ether oxygens (including phenoxy) is 1. The van der Waals surface area contributed by atoms with E-state index in [1.54, 1.807) is 24.3 Å². The van der Waals surface area contributed by atoms with Crippen LogP contribution in [0.4, 0.5) is 5.69 Å². The minimum Gasteiger partial charge on any atom is -0.492 e. The molecule has 1 atom stereocenters. The molecule has 1 rings (SSSR count). The number of amides is 2. The van der Waals surface area contributed by atoms with E-state index in [1.165, 1.54) is 6.92 Å². The van der Waals surface area contributed by atoms with Crippen LogP contribution in [0.2, 0.25) is 0 Å². The predicted molar refractivity (Wildman–Crippen MR) is 93.9 cm³/mol. The van der Waals surface area contributed by atoms with E-state index in [2.05, 4.69) is 10.6 Å². The van der Waals surface area contributed by atoms with E-state index in [4.69, 9.17) is 10.5 Å². The number of hydrogen-bond acceptors (Lipinski definition) is 4. The molecular weight excluding hydrogens is 318 g/mol. The largest absolute Gasteiger partial charge is 0.492 e. The molecule has 0 heterocycles. The highest BCUT2D eigenvalue weighted by Gasteiger charge is 2.26. The number of nitrogens with two attached hydrogens (primary N) is 1. The second-order valence-corrected chi connectivity index (χ2v) is 6.19. The fourth-order valence-corrected chi connectivity index (χ4v) is 1.71. The maximum atomic E-state index is 11.8. The summed E-state index contributed by atoms with van der Waals surface area (Å²) < 4.78 is 5.54. The fraction of sp³-hybridized carbons (Fsp3) is 0.500. The number of rotatable bonds is 6. The number of nitrogens with one attached hydrogen (secondary N) is 2. The lowest BCUT2D eigenvalue weighted by molar-refractivity contribution is -0.124. The topological polar surface area (TPSA) is 93.5 Å². The molecule has 0 aliphatic heterocycles. The van der Waals surface area contributed by atoms with Gasteiger partial charge in [0.1, 0.15) is 12.4 Å². The first-order valence-electron chi connectivity index (χ1n) is 7.24. The zero-order valence-corrected chi connectivity index (χ0v) is 14.8. The number of halogens is 1. The highest BCUT2D eigenvalue weighted by Crippen LogP contribution is 2.18. The summed E-state index contributed by atoms with van der Waals surface area (Å²) in [5.41, 5.74) is 6.25. The van der Waals surface area contributed by atoms with Gasteiger partial charge in [-0.15, -0.1) is 12.4 Å². The average Bonchev–Trinajstić information content (AvgIpc) is 2.41. The lowest BCUT2D eigenvalue weighted by atomic mass is 9.87. The molecule has 0 aromatic heterocycles. The molecule has 0 unspecified atom stereocenters. The van der Waals surface area contributed by atoms with Crippen LogP contribution in [-0.4, -0.2) is 31.0 Å². The standard InChI is InChI=1S/C16H25N3O3.ClH/c1-11(20)19-12-6-5-7-13(10-12)22-9-8-18-15(21)14(17)16(2,3)4;/h5-7,10,14H,8-9,17H2,1-4H3,(H,18,21)(H,19,20);1H/t14-;/m1./s1. The Labute approximate surface area is 143 Å². The third kappa shape index (κ3) is 7.85. The molecular formula is C16H26ClN3O3. The summed E-state index contributed by atoms with van der Waals surface area (Å²) in [6.45, 7) is 7.89. The fourth-order valence-electron chi connectivity index (χ4n) is 1.71. The maximum Gasteiger partial charge on any atom is 0.237 e. The van der Waals surface area contributed by atoms with Crippen LogP contribution in [0.5, 0.6) is 5.75 Å². The molecule has 0 fully saturated rings. The second-order valence-electron chi connectivity index (χ2n) is 6.19. The van der Waals surface area contributed by atoms with Gasteiger partial charge in [0.15, 0.2) is 0 Å². The van der Waals surface area contributed by atoms with E-state index in [1.807, 2.05) is 20.8 Å². The van der Waals surface area contributed by atoms with Gasteiger partial charge in [0.25, 0.3) is 0 Å². The van der Waals surface area contributed by atoms with Gasteiger partial charge in [0, 0.05) is 18.7 Å². The summed E-state index contributed by atoms with van der Waals surface area (Å²) >= 11 is 0. The van der Waals surface area contributed by atoms with Crippen molar-refractivity contribution in [3.8, 4) is 5.75 Å². The Hall–Kier alpha value is -1.79. The van der Waals surface area contributed by atoms with Crippen molar-refractivity contribution in [2.75, 3.05) is 18.5 Å². The summed E-state index contributed by atoms with van der Waals surface area (Å²) in [6.07, 6.45) is 0. The van der Waals surface area contributed by atoms with E-state index in [-0.39, 0.29) is 29.6 Å². The van der Waals surface area contributed by atoms with Crippen molar-refractivity contribution in [2.24, 2.45) is 11.1 Å². The summed E-state index contributed by atoms with van der Waals surface area (Å²) in [5, 5.41) is 5.43. The molecule has 130 valence electrons. The Bertz CT molecular complexity index is 530. The Morgan fingerprint density at radius 2 is 1.96 bits per heavy atom. The quantitative estimate of drug-likeness (QED) is 0.688. The van der Waals surface area contributed by atoms with Crippen molar-refractivity contribution in [3.05, 3.63) is 24.3 Å². The van der Waals surface area contributed by atoms with Gasteiger partial charge in [-0.1, -0.05) is 26.8 Å². The molecule has 2 amide bonds. The molecule has 1 aromatic rings. The van der Waals surface area contributed by atoms with E-state index >= 15 is 0 Å². The third-order valence-corrected chi connectivity index (χ3v) is 3.04. The van der Waals surface area contributed by atoms with Gasteiger partial charge < -0.3 is 21.1 Å². The van der Waals surface area contributed by atoms with Gasteiger partial charge >= 0.3 is 0 Å².